The van der Waals surface area contributed by atoms with Crippen LogP contribution >= 0.6 is 0 Å². The van der Waals surface area contributed by atoms with Crippen LogP contribution in [-0.4, -0.2) is 49.9 Å². The summed E-state index contributed by atoms with van der Waals surface area (Å²) in [5.41, 5.74) is 2.07. The number of rotatable bonds is 4. The van der Waals surface area contributed by atoms with Gasteiger partial charge >= 0.3 is 0 Å². The first-order valence-corrected chi connectivity index (χ1v) is 9.56. The Morgan fingerprint density at radius 2 is 1.44 bits per heavy atom. The van der Waals surface area contributed by atoms with Crippen molar-refractivity contribution < 1.29 is 9.59 Å². The Labute approximate surface area is 160 Å². The molecule has 27 heavy (non-hydrogen) atoms. The number of hydrogen-bond acceptors (Lipinski definition) is 3. The highest BCUT2D eigenvalue weighted by molar-refractivity contribution is 6.00. The van der Waals surface area contributed by atoms with E-state index in [2.05, 4.69) is 17.0 Å². The van der Waals surface area contributed by atoms with Crippen molar-refractivity contribution in [2.24, 2.45) is 11.8 Å². The van der Waals surface area contributed by atoms with Crippen molar-refractivity contribution in [1.29, 1.82) is 0 Å². The predicted molar refractivity (Wildman–Crippen MR) is 107 cm³/mol. The Morgan fingerprint density at radius 3 is 2.07 bits per heavy atom. The van der Waals surface area contributed by atoms with E-state index in [0.29, 0.717) is 6.42 Å². The van der Waals surface area contributed by atoms with E-state index in [1.54, 1.807) is 11.9 Å². The summed E-state index contributed by atoms with van der Waals surface area (Å²) < 4.78 is 0. The van der Waals surface area contributed by atoms with Gasteiger partial charge in [0.1, 0.15) is 0 Å². The van der Waals surface area contributed by atoms with Gasteiger partial charge in [-0.15, -0.1) is 0 Å². The summed E-state index contributed by atoms with van der Waals surface area (Å²) in [4.78, 5) is 31.4. The normalized spacial score (nSPS) is 21.7. The third-order valence-corrected chi connectivity index (χ3v) is 5.61. The maximum absolute atomic E-state index is 12.8. The summed E-state index contributed by atoms with van der Waals surface area (Å²) in [5, 5.41) is 0. The summed E-state index contributed by atoms with van der Waals surface area (Å²) >= 11 is 0. The number of hydrogen-bond donors (Lipinski definition) is 0. The second-order valence-electron chi connectivity index (χ2n) is 7.33. The average molecular weight is 363 g/mol. The molecule has 1 aliphatic carbocycles. The Kier molecular flexibility index (Phi) is 4.84. The maximum Gasteiger partial charge on any atom is 0.230 e. The lowest BCUT2D eigenvalue weighted by Crippen LogP contribution is -2.49. The largest absolute Gasteiger partial charge is 0.368 e. The van der Waals surface area contributed by atoms with Gasteiger partial charge in [0.25, 0.3) is 0 Å². The van der Waals surface area contributed by atoms with Gasteiger partial charge in [-0.3, -0.25) is 9.59 Å². The lowest BCUT2D eigenvalue weighted by Gasteiger charge is -2.36. The zero-order valence-corrected chi connectivity index (χ0v) is 15.6. The predicted octanol–water partition coefficient (Wildman–Crippen LogP) is 2.63. The Balaban J connectivity index is 1.31. The zero-order valence-electron chi connectivity index (χ0n) is 15.6. The molecule has 140 valence electrons. The summed E-state index contributed by atoms with van der Waals surface area (Å²) in [5.74, 6) is -0.133. The van der Waals surface area contributed by atoms with Gasteiger partial charge in [-0.2, -0.15) is 0 Å². The van der Waals surface area contributed by atoms with Crippen LogP contribution < -0.4 is 9.80 Å². The minimum absolute atomic E-state index is 0.0440. The quantitative estimate of drug-likeness (QED) is 0.839. The van der Waals surface area contributed by atoms with Crippen molar-refractivity contribution >= 4 is 23.2 Å². The molecule has 0 N–H and O–H groups in total. The highest BCUT2D eigenvalue weighted by Gasteiger charge is 2.50. The van der Waals surface area contributed by atoms with Crippen LogP contribution in [0.4, 0.5) is 11.4 Å². The van der Waals surface area contributed by atoms with Crippen molar-refractivity contribution in [2.45, 2.75) is 6.42 Å². The van der Waals surface area contributed by atoms with E-state index in [4.69, 9.17) is 0 Å². The molecule has 4 rings (SSSR count). The minimum atomic E-state index is -0.171. The van der Waals surface area contributed by atoms with Crippen LogP contribution in [0.15, 0.2) is 60.7 Å². The molecule has 0 aromatic heterocycles. The minimum Gasteiger partial charge on any atom is -0.368 e. The van der Waals surface area contributed by atoms with Crippen LogP contribution in [-0.2, 0) is 9.59 Å². The fourth-order valence-corrected chi connectivity index (χ4v) is 3.83. The molecule has 2 aromatic rings. The van der Waals surface area contributed by atoms with Gasteiger partial charge in [0.15, 0.2) is 0 Å². The number of carbonyl (C=O) groups excluding carboxylic acids is 2. The molecule has 1 aliphatic heterocycles. The zero-order chi connectivity index (χ0) is 18.8. The highest BCUT2D eigenvalue weighted by Crippen LogP contribution is 2.42. The van der Waals surface area contributed by atoms with Gasteiger partial charge in [0, 0.05) is 44.6 Å². The molecular formula is C22H25N3O2. The smallest absolute Gasteiger partial charge is 0.230 e. The van der Waals surface area contributed by atoms with Crippen molar-refractivity contribution in [2.75, 3.05) is 43.0 Å². The highest BCUT2D eigenvalue weighted by atomic mass is 16.2. The second kappa shape index (κ2) is 7.43. The van der Waals surface area contributed by atoms with Gasteiger partial charge < -0.3 is 14.7 Å². The van der Waals surface area contributed by atoms with Crippen LogP contribution in [0.2, 0.25) is 0 Å². The van der Waals surface area contributed by atoms with E-state index in [0.717, 1.165) is 31.9 Å². The molecule has 0 bridgehead atoms. The van der Waals surface area contributed by atoms with Crippen LogP contribution in [0.3, 0.4) is 0 Å². The Morgan fingerprint density at radius 1 is 0.852 bits per heavy atom. The molecule has 2 aromatic carbocycles. The molecule has 2 aliphatic rings. The van der Waals surface area contributed by atoms with E-state index < -0.39 is 0 Å². The molecule has 0 radical (unpaired) electrons. The molecule has 2 fully saturated rings. The molecule has 1 heterocycles. The lowest BCUT2D eigenvalue weighted by molar-refractivity contribution is -0.134. The van der Waals surface area contributed by atoms with E-state index >= 15 is 0 Å². The van der Waals surface area contributed by atoms with Gasteiger partial charge in [0.05, 0.1) is 11.8 Å². The fourth-order valence-electron chi connectivity index (χ4n) is 3.83. The monoisotopic (exact) mass is 363 g/mol. The number of para-hydroxylation sites is 2. The number of carbonyl (C=O) groups is 2. The first-order valence-electron chi connectivity index (χ1n) is 9.56. The molecular weight excluding hydrogens is 338 g/mol. The lowest BCUT2D eigenvalue weighted by atomic mass is 10.2. The van der Waals surface area contributed by atoms with E-state index in [1.807, 2.05) is 53.4 Å². The van der Waals surface area contributed by atoms with Gasteiger partial charge in [-0.05, 0) is 30.7 Å². The topological polar surface area (TPSA) is 43.9 Å². The first kappa shape index (κ1) is 17.6. The van der Waals surface area contributed by atoms with Crippen LogP contribution in [0.1, 0.15) is 6.42 Å². The van der Waals surface area contributed by atoms with Gasteiger partial charge in [0.2, 0.25) is 11.8 Å². The van der Waals surface area contributed by atoms with Crippen LogP contribution in [0.25, 0.3) is 0 Å². The molecule has 5 nitrogen and oxygen atoms in total. The third-order valence-electron chi connectivity index (χ3n) is 5.61. The molecule has 2 unspecified atom stereocenters. The molecule has 0 spiro atoms. The van der Waals surface area contributed by atoms with Gasteiger partial charge in [-0.1, -0.05) is 36.4 Å². The molecule has 1 saturated heterocycles. The molecule has 2 amide bonds. The molecule has 1 saturated carbocycles. The summed E-state index contributed by atoms with van der Waals surface area (Å²) in [6.07, 6.45) is 0.674. The molecule has 5 heteroatoms. The second-order valence-corrected chi connectivity index (χ2v) is 7.33. The van der Waals surface area contributed by atoms with Crippen molar-refractivity contribution in [1.82, 2.24) is 4.90 Å². The number of piperazine rings is 1. The van der Waals surface area contributed by atoms with E-state index in [-0.39, 0.29) is 23.7 Å². The van der Waals surface area contributed by atoms with Crippen LogP contribution in [0, 0.1) is 11.8 Å². The number of anilines is 2. The Bertz CT molecular complexity index is 801. The summed E-state index contributed by atoms with van der Waals surface area (Å²) in [7, 11) is 1.79. The standard InChI is InChI=1S/C22H25N3O2/c1-23(17-8-4-2-5-9-17)21(26)19-16-20(19)22(27)25-14-12-24(13-15-25)18-10-6-3-7-11-18/h2-11,19-20H,12-16H2,1H3. The van der Waals surface area contributed by atoms with Gasteiger partial charge in [-0.25, -0.2) is 0 Å². The number of amides is 2. The van der Waals surface area contributed by atoms with Crippen molar-refractivity contribution in [3.8, 4) is 0 Å². The average Bonchev–Trinajstić information content (AvgIpc) is 3.54. The third kappa shape index (κ3) is 3.68. The summed E-state index contributed by atoms with van der Waals surface area (Å²) in [6.45, 7) is 3.12. The maximum atomic E-state index is 12.8. The molecule has 2 atom stereocenters. The Hall–Kier alpha value is -2.82. The van der Waals surface area contributed by atoms with E-state index in [9.17, 15) is 9.59 Å². The van der Waals surface area contributed by atoms with Crippen molar-refractivity contribution in [3.05, 3.63) is 60.7 Å². The summed E-state index contributed by atoms with van der Waals surface area (Å²) in [6, 6.07) is 19.9. The number of nitrogens with zero attached hydrogens (tertiary/aromatic N) is 3. The van der Waals surface area contributed by atoms with E-state index in [1.165, 1.54) is 5.69 Å². The van der Waals surface area contributed by atoms with Crippen molar-refractivity contribution in [3.63, 3.8) is 0 Å². The number of benzene rings is 2. The fraction of sp³-hybridized carbons (Fsp3) is 0.364. The first-order chi connectivity index (χ1) is 13.1. The SMILES string of the molecule is CN(C(=O)C1CC1C(=O)N1CCN(c2ccccc2)CC1)c1ccccc1. The van der Waals surface area contributed by atoms with Crippen LogP contribution in [0.5, 0.6) is 0 Å².